The van der Waals surface area contributed by atoms with Gasteiger partial charge in [0.25, 0.3) is 0 Å². The lowest BCUT2D eigenvalue weighted by atomic mass is 10.3. The molecule has 0 radical (unpaired) electrons. The van der Waals surface area contributed by atoms with Gasteiger partial charge < -0.3 is 0 Å². The van der Waals surface area contributed by atoms with Crippen LogP contribution in [0.25, 0.3) is 0 Å². The minimum absolute atomic E-state index is 0.499. The fourth-order valence-corrected chi connectivity index (χ4v) is 2.21. The summed E-state index contributed by atoms with van der Waals surface area (Å²) in [6.07, 6.45) is 1.80. The molecule has 4 heteroatoms. The van der Waals surface area contributed by atoms with Crippen molar-refractivity contribution in [3.63, 3.8) is 0 Å². The van der Waals surface area contributed by atoms with Gasteiger partial charge in [0, 0.05) is 22.0 Å². The zero-order chi connectivity index (χ0) is 11.4. The molecule has 82 valence electrons. The number of pyridine rings is 1. The Morgan fingerprint density at radius 3 is 2.38 bits per heavy atom. The smallest absolute Gasteiger partial charge is 0.101 e. The Kier molecular flexibility index (Phi) is 4.10. The van der Waals surface area contributed by atoms with Crippen molar-refractivity contribution in [1.29, 1.82) is 0 Å². The van der Waals surface area contributed by atoms with E-state index in [1.165, 1.54) is 0 Å². The molecule has 0 aliphatic rings. The number of alkyl halides is 1. The maximum Gasteiger partial charge on any atom is 0.101 e. The van der Waals surface area contributed by atoms with Crippen LogP contribution in [0.1, 0.15) is 5.56 Å². The van der Waals surface area contributed by atoms with Crippen molar-refractivity contribution in [1.82, 2.24) is 4.98 Å². The molecule has 2 aromatic rings. The molecule has 1 aromatic carbocycles. The first-order chi connectivity index (χ1) is 7.78. The summed E-state index contributed by atoms with van der Waals surface area (Å²) in [6.45, 7) is 0. The standard InChI is InChI=1S/C12H9Cl2NS/c13-7-9-1-6-12(15-8-9)16-11-4-2-10(14)3-5-11/h1-6,8H,7H2. The minimum atomic E-state index is 0.499. The maximum absolute atomic E-state index is 5.81. The number of nitrogens with zero attached hydrogens (tertiary/aromatic N) is 1. The summed E-state index contributed by atoms with van der Waals surface area (Å²) in [4.78, 5) is 5.43. The summed E-state index contributed by atoms with van der Waals surface area (Å²) < 4.78 is 0. The van der Waals surface area contributed by atoms with Crippen molar-refractivity contribution in [3.05, 3.63) is 53.2 Å². The highest BCUT2D eigenvalue weighted by Crippen LogP contribution is 2.27. The molecule has 1 nitrogen and oxygen atoms in total. The highest BCUT2D eigenvalue weighted by atomic mass is 35.5. The highest BCUT2D eigenvalue weighted by Gasteiger charge is 1.99. The molecule has 2 rings (SSSR count). The van der Waals surface area contributed by atoms with Crippen molar-refractivity contribution in [2.45, 2.75) is 15.8 Å². The van der Waals surface area contributed by atoms with Gasteiger partial charge in [-0.25, -0.2) is 4.98 Å². The Bertz CT molecular complexity index is 453. The zero-order valence-corrected chi connectivity index (χ0v) is 10.7. The quantitative estimate of drug-likeness (QED) is 0.754. The molecule has 0 aliphatic heterocycles. The number of rotatable bonds is 3. The van der Waals surface area contributed by atoms with Gasteiger partial charge in [0.1, 0.15) is 5.03 Å². The third-order valence-electron chi connectivity index (χ3n) is 1.99. The number of hydrogen-bond acceptors (Lipinski definition) is 2. The van der Waals surface area contributed by atoms with Gasteiger partial charge in [0.15, 0.2) is 0 Å². The van der Waals surface area contributed by atoms with Crippen LogP contribution in [0.3, 0.4) is 0 Å². The third-order valence-corrected chi connectivity index (χ3v) is 3.51. The van der Waals surface area contributed by atoms with E-state index >= 15 is 0 Å². The van der Waals surface area contributed by atoms with E-state index in [-0.39, 0.29) is 0 Å². The average Bonchev–Trinajstić information content (AvgIpc) is 2.33. The molecular formula is C12H9Cl2NS. The first-order valence-electron chi connectivity index (χ1n) is 4.72. The monoisotopic (exact) mass is 269 g/mol. The van der Waals surface area contributed by atoms with E-state index in [0.29, 0.717) is 5.88 Å². The Morgan fingerprint density at radius 2 is 1.81 bits per heavy atom. The molecule has 0 atom stereocenters. The van der Waals surface area contributed by atoms with Gasteiger partial charge in [-0.05, 0) is 35.9 Å². The Labute approximate surface area is 109 Å². The second kappa shape index (κ2) is 5.58. The molecule has 0 saturated heterocycles. The van der Waals surface area contributed by atoms with Crippen LogP contribution in [0.4, 0.5) is 0 Å². The summed E-state index contributed by atoms with van der Waals surface area (Å²) in [6, 6.07) is 11.7. The second-order valence-corrected chi connectivity index (χ2v) is 4.99. The predicted octanol–water partition coefficient (Wildman–Crippen LogP) is 4.63. The molecule has 0 spiro atoms. The van der Waals surface area contributed by atoms with Gasteiger partial charge in [-0.2, -0.15) is 0 Å². The molecular weight excluding hydrogens is 261 g/mol. The van der Waals surface area contributed by atoms with E-state index in [4.69, 9.17) is 23.2 Å². The van der Waals surface area contributed by atoms with Crippen molar-refractivity contribution < 1.29 is 0 Å². The van der Waals surface area contributed by atoms with E-state index in [1.807, 2.05) is 36.4 Å². The fourth-order valence-electron chi connectivity index (χ4n) is 1.17. The third kappa shape index (κ3) is 3.14. The van der Waals surface area contributed by atoms with Gasteiger partial charge in [-0.3, -0.25) is 0 Å². The van der Waals surface area contributed by atoms with Crippen LogP contribution in [0.2, 0.25) is 5.02 Å². The number of halogens is 2. The van der Waals surface area contributed by atoms with Crippen LogP contribution < -0.4 is 0 Å². The first kappa shape index (κ1) is 11.8. The summed E-state index contributed by atoms with van der Waals surface area (Å²) >= 11 is 13.1. The lowest BCUT2D eigenvalue weighted by Gasteiger charge is -2.01. The molecule has 0 bridgehead atoms. The van der Waals surface area contributed by atoms with Crippen molar-refractivity contribution >= 4 is 35.0 Å². The van der Waals surface area contributed by atoms with Gasteiger partial charge in [-0.1, -0.05) is 29.4 Å². The van der Waals surface area contributed by atoms with Crippen LogP contribution in [-0.2, 0) is 5.88 Å². The van der Waals surface area contributed by atoms with Crippen LogP contribution in [0.5, 0.6) is 0 Å². The van der Waals surface area contributed by atoms with Gasteiger partial charge in [0.2, 0.25) is 0 Å². The average molecular weight is 270 g/mol. The van der Waals surface area contributed by atoms with Gasteiger partial charge in [-0.15, -0.1) is 11.6 Å². The molecule has 0 unspecified atom stereocenters. The minimum Gasteiger partial charge on any atom is -0.249 e. The molecule has 1 heterocycles. The second-order valence-electron chi connectivity index (χ2n) is 3.19. The van der Waals surface area contributed by atoms with E-state index < -0.39 is 0 Å². The Morgan fingerprint density at radius 1 is 1.06 bits per heavy atom. The van der Waals surface area contributed by atoms with Crippen molar-refractivity contribution in [2.75, 3.05) is 0 Å². The lowest BCUT2D eigenvalue weighted by Crippen LogP contribution is -1.83. The molecule has 16 heavy (non-hydrogen) atoms. The van der Waals surface area contributed by atoms with Gasteiger partial charge in [0.05, 0.1) is 0 Å². The van der Waals surface area contributed by atoms with Crippen LogP contribution >= 0.6 is 35.0 Å². The largest absolute Gasteiger partial charge is 0.249 e. The van der Waals surface area contributed by atoms with E-state index in [1.54, 1.807) is 18.0 Å². The molecule has 0 fully saturated rings. The summed E-state index contributed by atoms with van der Waals surface area (Å²) in [5.74, 6) is 0.499. The van der Waals surface area contributed by atoms with Crippen LogP contribution in [0.15, 0.2) is 52.5 Å². The summed E-state index contributed by atoms with van der Waals surface area (Å²) in [5.41, 5.74) is 1.03. The van der Waals surface area contributed by atoms with E-state index in [2.05, 4.69) is 4.98 Å². The topological polar surface area (TPSA) is 12.9 Å². The Balaban J connectivity index is 2.11. The van der Waals surface area contributed by atoms with Crippen LogP contribution in [-0.4, -0.2) is 4.98 Å². The molecule has 1 aromatic heterocycles. The first-order valence-corrected chi connectivity index (χ1v) is 6.45. The fraction of sp³-hybridized carbons (Fsp3) is 0.0833. The normalized spacial score (nSPS) is 10.4. The van der Waals surface area contributed by atoms with E-state index in [0.717, 1.165) is 20.5 Å². The lowest BCUT2D eigenvalue weighted by molar-refractivity contribution is 1.10. The van der Waals surface area contributed by atoms with Gasteiger partial charge >= 0.3 is 0 Å². The maximum atomic E-state index is 5.81. The molecule has 0 saturated carbocycles. The van der Waals surface area contributed by atoms with Crippen molar-refractivity contribution in [3.8, 4) is 0 Å². The molecule has 0 aliphatic carbocycles. The van der Waals surface area contributed by atoms with Crippen molar-refractivity contribution in [2.24, 2.45) is 0 Å². The predicted molar refractivity (Wildman–Crippen MR) is 69.4 cm³/mol. The van der Waals surface area contributed by atoms with E-state index in [9.17, 15) is 0 Å². The summed E-state index contributed by atoms with van der Waals surface area (Å²) in [5, 5.41) is 1.70. The highest BCUT2D eigenvalue weighted by molar-refractivity contribution is 7.99. The number of aromatic nitrogens is 1. The summed E-state index contributed by atoms with van der Waals surface area (Å²) in [7, 11) is 0. The van der Waals surface area contributed by atoms with Crippen LogP contribution in [0, 0.1) is 0 Å². The molecule has 0 N–H and O–H groups in total. The SMILES string of the molecule is ClCc1ccc(Sc2ccc(Cl)cc2)nc1. The zero-order valence-electron chi connectivity index (χ0n) is 8.36. The number of hydrogen-bond donors (Lipinski definition) is 0. The Hall–Kier alpha value is -0.700. The molecule has 0 amide bonds. The number of benzene rings is 1.